The number of aryl methyl sites for hydroxylation is 8. The van der Waals surface area contributed by atoms with Gasteiger partial charge in [0, 0.05) is 0 Å². The third-order valence-corrected chi connectivity index (χ3v) is 9.74. The van der Waals surface area contributed by atoms with Crippen molar-refractivity contribution in [3.05, 3.63) is 115 Å². The zero-order valence-corrected chi connectivity index (χ0v) is 31.3. The quantitative estimate of drug-likeness (QED) is 0.0676. The summed E-state index contributed by atoms with van der Waals surface area (Å²) in [5.74, 6) is 0. The molecule has 6 nitrogen and oxygen atoms in total. The Balaban J connectivity index is 1.70. The van der Waals surface area contributed by atoms with Gasteiger partial charge < -0.3 is 0 Å². The molecular weight excluding hydrogens is 617 g/mol. The fraction of sp³-hybridized carbons (Fsp3) is 0.409. The van der Waals surface area contributed by atoms with E-state index in [2.05, 4.69) is 114 Å². The number of rotatable bonds is 16. The summed E-state index contributed by atoms with van der Waals surface area (Å²) in [5, 5.41) is 9.98. The minimum absolute atomic E-state index is 0.773. The van der Waals surface area contributed by atoms with Crippen molar-refractivity contribution in [2.75, 3.05) is 0 Å². The first-order valence-electron chi connectivity index (χ1n) is 18.5. The monoisotopic (exact) mass is 668 g/mol. The van der Waals surface area contributed by atoms with Crippen molar-refractivity contribution in [1.29, 1.82) is 0 Å². The Morgan fingerprint density at radius 1 is 0.360 bits per heavy atom. The van der Waals surface area contributed by atoms with Crippen molar-refractivity contribution in [3.8, 4) is 0 Å². The van der Waals surface area contributed by atoms with E-state index in [0.717, 1.165) is 109 Å². The third-order valence-electron chi connectivity index (χ3n) is 9.74. The highest BCUT2D eigenvalue weighted by atomic mass is 16.1. The van der Waals surface area contributed by atoms with Crippen molar-refractivity contribution < 1.29 is 9.59 Å². The van der Waals surface area contributed by atoms with Gasteiger partial charge in [0.05, 0.1) is 22.7 Å². The van der Waals surface area contributed by atoms with E-state index in [0.29, 0.717) is 0 Å². The van der Waals surface area contributed by atoms with Gasteiger partial charge in [-0.05, 0) is 131 Å². The van der Waals surface area contributed by atoms with Crippen LogP contribution in [0, 0.1) is 0 Å². The van der Waals surface area contributed by atoms with Gasteiger partial charge >= 0.3 is 0 Å². The molecule has 0 aliphatic heterocycles. The molecule has 6 heteroatoms. The number of aliphatic imine (C=N–C) groups is 2. The lowest BCUT2D eigenvalue weighted by atomic mass is 9.92. The molecule has 0 aliphatic carbocycles. The van der Waals surface area contributed by atoms with Gasteiger partial charge in [-0.15, -0.1) is 10.2 Å². The molecular formula is C44H52N4O2. The van der Waals surface area contributed by atoms with Gasteiger partial charge in [0.25, 0.3) is 0 Å². The molecule has 0 spiro atoms. The molecule has 0 aliphatic rings. The van der Waals surface area contributed by atoms with Crippen molar-refractivity contribution in [2.24, 2.45) is 20.2 Å². The van der Waals surface area contributed by atoms with Crippen molar-refractivity contribution in [3.63, 3.8) is 0 Å². The van der Waals surface area contributed by atoms with Crippen LogP contribution in [0.1, 0.15) is 122 Å². The Morgan fingerprint density at radius 3 is 0.740 bits per heavy atom. The molecule has 0 aromatic heterocycles. The Labute approximate surface area is 298 Å². The fourth-order valence-electron chi connectivity index (χ4n) is 7.10. The predicted octanol–water partition coefficient (Wildman–Crippen LogP) is 11.7. The number of azo groups is 1. The molecule has 0 bridgehead atoms. The Morgan fingerprint density at radius 2 is 0.560 bits per heavy atom. The molecule has 4 rings (SSSR count). The molecule has 0 amide bonds. The lowest BCUT2D eigenvalue weighted by Crippen LogP contribution is -1.99. The van der Waals surface area contributed by atoms with Crippen LogP contribution in [-0.2, 0) is 73.8 Å². The van der Waals surface area contributed by atoms with E-state index in [1.807, 2.05) is 0 Å². The molecule has 0 N–H and O–H groups in total. The van der Waals surface area contributed by atoms with Crippen molar-refractivity contribution in [2.45, 2.75) is 120 Å². The Kier molecular flexibility index (Phi) is 13.9. The number of benzene rings is 4. The molecule has 0 unspecified atom stereocenters. The fourth-order valence-corrected chi connectivity index (χ4v) is 7.10. The minimum Gasteiger partial charge on any atom is -0.211 e. The molecule has 0 saturated carbocycles. The molecule has 0 saturated heterocycles. The maximum atomic E-state index is 11.1. The normalized spacial score (nSPS) is 11.1. The van der Waals surface area contributed by atoms with E-state index in [-0.39, 0.29) is 0 Å². The first kappa shape index (κ1) is 38.0. The average molecular weight is 669 g/mol. The third kappa shape index (κ3) is 8.69. The highest BCUT2D eigenvalue weighted by Gasteiger charge is 2.16. The predicted molar refractivity (Wildman–Crippen MR) is 206 cm³/mol. The van der Waals surface area contributed by atoms with Crippen LogP contribution < -0.4 is 0 Å². The van der Waals surface area contributed by atoms with E-state index in [1.165, 1.54) is 44.5 Å². The molecule has 0 radical (unpaired) electrons. The van der Waals surface area contributed by atoms with Crippen LogP contribution in [0.5, 0.6) is 0 Å². The number of hydrogen-bond acceptors (Lipinski definition) is 6. The van der Waals surface area contributed by atoms with Gasteiger partial charge in [-0.2, -0.15) is 9.98 Å². The van der Waals surface area contributed by atoms with Crippen LogP contribution in [-0.4, -0.2) is 12.2 Å². The number of nitrogens with zero attached hydrogens (tertiary/aromatic N) is 4. The van der Waals surface area contributed by atoms with Gasteiger partial charge in [0.15, 0.2) is 0 Å². The maximum Gasteiger partial charge on any atom is 0.240 e. The molecule has 0 atom stereocenters. The second kappa shape index (κ2) is 18.3. The largest absolute Gasteiger partial charge is 0.240 e. The maximum absolute atomic E-state index is 11.1. The molecule has 0 fully saturated rings. The zero-order chi connectivity index (χ0) is 36.2. The Bertz CT molecular complexity index is 1720. The van der Waals surface area contributed by atoms with Crippen LogP contribution >= 0.6 is 0 Å². The summed E-state index contributed by atoms with van der Waals surface area (Å²) in [6.07, 6.45) is 11.8. The smallest absolute Gasteiger partial charge is 0.211 e. The van der Waals surface area contributed by atoms with Gasteiger partial charge in [-0.3, -0.25) is 0 Å². The summed E-state index contributed by atoms with van der Waals surface area (Å²) in [5.41, 5.74) is 17.6. The van der Waals surface area contributed by atoms with Crippen LogP contribution in [0.3, 0.4) is 0 Å². The second-order valence-corrected chi connectivity index (χ2v) is 12.8. The van der Waals surface area contributed by atoms with Crippen LogP contribution in [0.2, 0.25) is 0 Å². The van der Waals surface area contributed by atoms with Crippen LogP contribution in [0.25, 0.3) is 0 Å². The van der Waals surface area contributed by atoms with Gasteiger partial charge in [0.2, 0.25) is 12.2 Å². The number of isocyanates is 2. The average Bonchev–Trinajstić information content (AvgIpc) is 3.14. The Hall–Kier alpha value is -4.76. The first-order valence-corrected chi connectivity index (χ1v) is 18.5. The summed E-state index contributed by atoms with van der Waals surface area (Å²) in [4.78, 5) is 30.3. The van der Waals surface area contributed by atoms with E-state index < -0.39 is 0 Å². The summed E-state index contributed by atoms with van der Waals surface area (Å²) in [6, 6.07) is 17.9. The van der Waals surface area contributed by atoms with E-state index in [4.69, 9.17) is 10.2 Å². The SMILES string of the molecule is CCc1cc(Cc2cc(CC)c(N=Nc3c(CC)cc(Cc4cc(CC)c(N=C=O)c(CC)c4)cc3CC)c(CC)c2)cc(CC)c1N=C=O. The van der Waals surface area contributed by atoms with Gasteiger partial charge in [0.1, 0.15) is 0 Å². The van der Waals surface area contributed by atoms with Crippen molar-refractivity contribution >= 4 is 34.9 Å². The van der Waals surface area contributed by atoms with Gasteiger partial charge in [-0.25, -0.2) is 9.59 Å². The van der Waals surface area contributed by atoms with E-state index in [1.54, 1.807) is 12.2 Å². The topological polar surface area (TPSA) is 83.6 Å². The summed E-state index contributed by atoms with van der Waals surface area (Å²) < 4.78 is 0. The van der Waals surface area contributed by atoms with E-state index in [9.17, 15) is 9.59 Å². The standard InChI is InChI=1S/C44H52N4O2/c1-9-33-19-29(20-34(10-2)41(33)45-27-49)17-31-23-37(13-5)43(38(14-6)24-31)47-48-44-39(15-7)25-32(26-40(44)16-8)18-30-21-35(11-3)42(46-28-50)36(12-4)22-30/h19-26H,9-18H2,1-8H3. The zero-order valence-electron chi connectivity index (χ0n) is 31.3. The lowest BCUT2D eigenvalue weighted by Gasteiger charge is -2.16. The minimum atomic E-state index is 0.773. The molecule has 4 aromatic rings. The summed E-state index contributed by atoms with van der Waals surface area (Å²) in [7, 11) is 0. The molecule has 4 aromatic carbocycles. The highest BCUT2D eigenvalue weighted by molar-refractivity contribution is 5.63. The van der Waals surface area contributed by atoms with Crippen molar-refractivity contribution in [1.82, 2.24) is 0 Å². The van der Waals surface area contributed by atoms with E-state index >= 15 is 0 Å². The molecule has 0 heterocycles. The highest BCUT2D eigenvalue weighted by Crippen LogP contribution is 2.36. The molecule has 260 valence electrons. The van der Waals surface area contributed by atoms with Gasteiger partial charge in [-0.1, -0.05) is 104 Å². The summed E-state index contributed by atoms with van der Waals surface area (Å²) >= 11 is 0. The first-order chi connectivity index (χ1) is 24.3. The number of hydrogen-bond donors (Lipinski definition) is 0. The molecule has 50 heavy (non-hydrogen) atoms. The summed E-state index contributed by atoms with van der Waals surface area (Å²) in [6.45, 7) is 17.1. The lowest BCUT2D eigenvalue weighted by molar-refractivity contribution is 0.564. The van der Waals surface area contributed by atoms with Crippen LogP contribution in [0.4, 0.5) is 22.7 Å². The second-order valence-electron chi connectivity index (χ2n) is 12.8. The van der Waals surface area contributed by atoms with Crippen LogP contribution in [0.15, 0.2) is 68.7 Å². The number of carbonyl (C=O) groups excluding carboxylic acids is 2.